The summed E-state index contributed by atoms with van der Waals surface area (Å²) in [4.78, 5) is 26.6. The van der Waals surface area contributed by atoms with E-state index in [1.807, 2.05) is 49.5 Å². The van der Waals surface area contributed by atoms with E-state index < -0.39 is 17.8 Å². The van der Waals surface area contributed by atoms with Crippen LogP contribution >= 0.6 is 0 Å². The summed E-state index contributed by atoms with van der Waals surface area (Å²) in [5.74, 6) is -1.61. The Bertz CT molecular complexity index is 1290. The van der Waals surface area contributed by atoms with E-state index in [1.54, 1.807) is 33.2 Å². The lowest BCUT2D eigenvalue weighted by Gasteiger charge is -2.30. The van der Waals surface area contributed by atoms with Gasteiger partial charge in [0, 0.05) is 40.7 Å². The van der Waals surface area contributed by atoms with Crippen molar-refractivity contribution in [3.63, 3.8) is 0 Å². The van der Waals surface area contributed by atoms with Gasteiger partial charge in [0.25, 0.3) is 0 Å². The third kappa shape index (κ3) is 3.90. The lowest BCUT2D eigenvalue weighted by atomic mass is 9.75. The quantitative estimate of drug-likeness (QED) is 0.536. The fourth-order valence-corrected chi connectivity index (χ4v) is 4.19. The molecule has 3 aromatic rings. The molecule has 0 bridgehead atoms. The maximum absolute atomic E-state index is 13.1. The van der Waals surface area contributed by atoms with Gasteiger partial charge in [-0.05, 0) is 44.9 Å². The van der Waals surface area contributed by atoms with Gasteiger partial charge >= 0.3 is 5.97 Å². The first-order valence-electron chi connectivity index (χ1n) is 10.6. The molecule has 0 aliphatic carbocycles. The van der Waals surface area contributed by atoms with Crippen LogP contribution in [0.4, 0.5) is 0 Å². The van der Waals surface area contributed by atoms with Gasteiger partial charge in [0.15, 0.2) is 0 Å². The van der Waals surface area contributed by atoms with E-state index in [0.717, 1.165) is 22.1 Å². The minimum Gasteiger partial charge on any atom is -0.460 e. The first kappa shape index (κ1) is 21.4. The summed E-state index contributed by atoms with van der Waals surface area (Å²) in [5.41, 5.74) is 5.09. The van der Waals surface area contributed by atoms with Crippen molar-refractivity contribution in [3.05, 3.63) is 71.8 Å². The zero-order valence-electron chi connectivity index (χ0n) is 18.5. The number of pyridine rings is 2. The Kier molecular flexibility index (Phi) is 5.83. The summed E-state index contributed by atoms with van der Waals surface area (Å²) in [5, 5.41) is 10.9. The molecule has 2 unspecified atom stereocenters. The van der Waals surface area contributed by atoms with Crippen LogP contribution in [0.2, 0.25) is 0 Å². The van der Waals surface area contributed by atoms with Gasteiger partial charge in [0.1, 0.15) is 0 Å². The molecule has 0 saturated heterocycles. The standard InChI is InChI=1S/C26H24N4O2/c1-15(2)32-26(31)24-17(4)30-16(3)21(11-27)25(24)22-13-28-14-23-20(22)10-19(12-29-23)18-8-6-5-7-9-18/h5-10,12-15,21,25H,1-4H3. The molecular weight excluding hydrogens is 400 g/mol. The van der Waals surface area contributed by atoms with Crippen molar-refractivity contribution in [2.75, 3.05) is 0 Å². The normalized spacial score (nSPS) is 18.4. The van der Waals surface area contributed by atoms with E-state index in [4.69, 9.17) is 4.74 Å². The Morgan fingerprint density at radius 1 is 1.09 bits per heavy atom. The third-order valence-electron chi connectivity index (χ3n) is 5.61. The molecule has 2 atom stereocenters. The van der Waals surface area contributed by atoms with Crippen LogP contribution in [0.5, 0.6) is 0 Å². The van der Waals surface area contributed by atoms with Crippen LogP contribution < -0.4 is 0 Å². The summed E-state index contributed by atoms with van der Waals surface area (Å²) in [6.07, 6.45) is 4.95. The number of aliphatic imine (C=N–C) groups is 1. The van der Waals surface area contributed by atoms with Crippen molar-refractivity contribution in [2.24, 2.45) is 10.9 Å². The molecule has 2 aromatic heterocycles. The lowest BCUT2D eigenvalue weighted by Crippen LogP contribution is -2.30. The topological polar surface area (TPSA) is 88.2 Å². The number of hydrogen-bond donors (Lipinski definition) is 0. The van der Waals surface area contributed by atoms with Gasteiger partial charge in [-0.3, -0.25) is 15.0 Å². The number of nitrogens with zero attached hydrogens (tertiary/aromatic N) is 4. The van der Waals surface area contributed by atoms with E-state index in [-0.39, 0.29) is 6.10 Å². The molecule has 0 fully saturated rings. The number of carbonyl (C=O) groups excluding carboxylic acids is 1. The highest BCUT2D eigenvalue weighted by atomic mass is 16.5. The second-order valence-corrected chi connectivity index (χ2v) is 8.18. The van der Waals surface area contributed by atoms with E-state index in [0.29, 0.717) is 22.5 Å². The van der Waals surface area contributed by atoms with Gasteiger partial charge in [0.05, 0.1) is 35.4 Å². The van der Waals surface area contributed by atoms with E-state index in [1.165, 1.54) is 0 Å². The van der Waals surface area contributed by atoms with Crippen LogP contribution in [0.1, 0.15) is 39.2 Å². The van der Waals surface area contributed by atoms with Gasteiger partial charge in [-0.15, -0.1) is 0 Å². The van der Waals surface area contributed by atoms with Crippen molar-refractivity contribution in [3.8, 4) is 17.2 Å². The summed E-state index contributed by atoms with van der Waals surface area (Å²) >= 11 is 0. The molecule has 32 heavy (non-hydrogen) atoms. The van der Waals surface area contributed by atoms with Crippen LogP contribution in [0.25, 0.3) is 22.0 Å². The summed E-state index contributed by atoms with van der Waals surface area (Å²) in [6.45, 7) is 7.21. The highest BCUT2D eigenvalue weighted by Gasteiger charge is 2.39. The first-order chi connectivity index (χ1) is 15.4. The van der Waals surface area contributed by atoms with Gasteiger partial charge < -0.3 is 4.74 Å². The third-order valence-corrected chi connectivity index (χ3v) is 5.61. The molecule has 0 spiro atoms. The Morgan fingerprint density at radius 3 is 2.53 bits per heavy atom. The molecule has 0 radical (unpaired) electrons. The molecule has 160 valence electrons. The SMILES string of the molecule is CC1=NC(C)=C(C(=O)OC(C)C)C(c2cncc3ncc(-c4ccccc4)cc23)C1C#N. The molecule has 1 aromatic carbocycles. The fraction of sp³-hybridized carbons (Fsp3) is 0.269. The number of nitriles is 1. The van der Waals surface area contributed by atoms with Gasteiger partial charge in [0.2, 0.25) is 0 Å². The molecule has 0 N–H and O–H groups in total. The largest absolute Gasteiger partial charge is 0.460 e. The number of ether oxygens (including phenoxy) is 1. The van der Waals surface area contributed by atoms with Crippen molar-refractivity contribution in [2.45, 2.75) is 39.7 Å². The molecule has 6 nitrogen and oxygen atoms in total. The molecule has 0 saturated carbocycles. The van der Waals surface area contributed by atoms with Crippen molar-refractivity contribution in [1.82, 2.24) is 9.97 Å². The van der Waals surface area contributed by atoms with Crippen LogP contribution in [0.15, 0.2) is 71.3 Å². The van der Waals surface area contributed by atoms with Crippen molar-refractivity contribution >= 4 is 22.6 Å². The number of aromatic nitrogens is 2. The van der Waals surface area contributed by atoms with Crippen LogP contribution in [0.3, 0.4) is 0 Å². The van der Waals surface area contributed by atoms with Gasteiger partial charge in [-0.2, -0.15) is 5.26 Å². The number of allylic oxidation sites excluding steroid dienone is 1. The fourth-order valence-electron chi connectivity index (χ4n) is 4.19. The lowest BCUT2D eigenvalue weighted by molar-refractivity contribution is -0.143. The first-order valence-corrected chi connectivity index (χ1v) is 10.6. The molecular formula is C26H24N4O2. The van der Waals surface area contributed by atoms with Crippen LogP contribution in [-0.4, -0.2) is 27.8 Å². The Labute approximate surface area is 187 Å². The molecule has 6 heteroatoms. The maximum atomic E-state index is 13.1. The number of fused-ring (bicyclic) bond motifs is 1. The Morgan fingerprint density at radius 2 is 1.84 bits per heavy atom. The number of carbonyl (C=O) groups is 1. The van der Waals surface area contributed by atoms with Crippen molar-refractivity contribution in [1.29, 1.82) is 5.26 Å². The average molecular weight is 425 g/mol. The summed E-state index contributed by atoms with van der Waals surface area (Å²) in [6, 6.07) is 14.4. The molecule has 0 amide bonds. The minimum atomic E-state index is -0.610. The second-order valence-electron chi connectivity index (χ2n) is 8.18. The zero-order chi connectivity index (χ0) is 22.8. The predicted molar refractivity (Wildman–Crippen MR) is 124 cm³/mol. The highest BCUT2D eigenvalue weighted by molar-refractivity contribution is 6.00. The van der Waals surface area contributed by atoms with Gasteiger partial charge in [-0.25, -0.2) is 4.79 Å². The number of esters is 1. The summed E-state index contributed by atoms with van der Waals surface area (Å²) in [7, 11) is 0. The van der Waals surface area contributed by atoms with Gasteiger partial charge in [-0.1, -0.05) is 30.3 Å². The van der Waals surface area contributed by atoms with E-state index in [9.17, 15) is 10.1 Å². The summed E-state index contributed by atoms with van der Waals surface area (Å²) < 4.78 is 5.53. The Balaban J connectivity index is 1.94. The number of hydrogen-bond acceptors (Lipinski definition) is 6. The van der Waals surface area contributed by atoms with E-state index >= 15 is 0 Å². The van der Waals surface area contributed by atoms with Crippen LogP contribution in [0, 0.1) is 17.2 Å². The van der Waals surface area contributed by atoms with Crippen LogP contribution in [-0.2, 0) is 9.53 Å². The van der Waals surface area contributed by atoms with E-state index in [2.05, 4.69) is 21.0 Å². The second kappa shape index (κ2) is 8.72. The molecule has 4 rings (SSSR count). The number of rotatable bonds is 4. The Hall–Kier alpha value is -3.85. The molecule has 3 heterocycles. The molecule has 1 aliphatic heterocycles. The smallest absolute Gasteiger partial charge is 0.336 e. The highest BCUT2D eigenvalue weighted by Crippen LogP contribution is 2.42. The maximum Gasteiger partial charge on any atom is 0.336 e. The molecule has 1 aliphatic rings. The number of benzene rings is 1. The van der Waals surface area contributed by atoms with Crippen molar-refractivity contribution < 1.29 is 9.53 Å². The zero-order valence-corrected chi connectivity index (χ0v) is 18.5. The average Bonchev–Trinajstić information content (AvgIpc) is 2.78. The monoisotopic (exact) mass is 424 g/mol. The minimum absolute atomic E-state index is 0.284. The predicted octanol–water partition coefficient (Wildman–Crippen LogP) is 5.22.